The first-order chi connectivity index (χ1) is 7.75. The molecule has 0 unspecified atom stereocenters. The van der Waals surface area contributed by atoms with Crippen LogP contribution in [0.4, 0.5) is 0 Å². The molecule has 1 N–H and O–H groups in total. The summed E-state index contributed by atoms with van der Waals surface area (Å²) < 4.78 is 0. The lowest BCUT2D eigenvalue weighted by Crippen LogP contribution is -1.77. The summed E-state index contributed by atoms with van der Waals surface area (Å²) in [5.74, 6) is 0. The van der Waals surface area contributed by atoms with Crippen molar-refractivity contribution in [3.8, 4) is 10.6 Å². The number of hydrogen-bond acceptors (Lipinski definition) is 3. The van der Waals surface area contributed by atoms with Crippen LogP contribution in [0.2, 0.25) is 5.02 Å². The minimum atomic E-state index is 0.703. The molecule has 0 amide bonds. The Balaban J connectivity index is 2.32. The second kappa shape index (κ2) is 3.57. The molecule has 0 saturated heterocycles. The molecule has 0 aliphatic heterocycles. The average Bonchev–Trinajstić information content (AvgIpc) is 2.84. The van der Waals surface area contributed by atoms with E-state index >= 15 is 0 Å². The molecule has 3 aromatic rings. The Morgan fingerprint density at radius 3 is 3.00 bits per heavy atom. The summed E-state index contributed by atoms with van der Waals surface area (Å²) in [7, 11) is 0. The number of nitrogens with one attached hydrogen (secondary N) is 1. The van der Waals surface area contributed by atoms with Crippen LogP contribution in [0.3, 0.4) is 0 Å². The number of aromatic nitrogens is 3. The van der Waals surface area contributed by atoms with Crippen molar-refractivity contribution in [1.82, 2.24) is 15.0 Å². The van der Waals surface area contributed by atoms with Crippen molar-refractivity contribution in [3.05, 3.63) is 34.6 Å². The number of halogens is 1. The Bertz CT molecular complexity index is 656. The van der Waals surface area contributed by atoms with Crippen LogP contribution in [0.1, 0.15) is 4.88 Å². The van der Waals surface area contributed by atoms with Gasteiger partial charge in [0.25, 0.3) is 0 Å². The molecule has 0 aliphatic carbocycles. The maximum absolute atomic E-state index is 6.18. The maximum atomic E-state index is 6.18. The monoisotopic (exact) mass is 249 g/mol. The fourth-order valence-electron chi connectivity index (χ4n) is 1.66. The largest absolute Gasteiger partial charge is 0.345 e. The Morgan fingerprint density at radius 1 is 1.38 bits per heavy atom. The molecule has 0 aromatic carbocycles. The van der Waals surface area contributed by atoms with Crippen LogP contribution >= 0.6 is 22.9 Å². The first-order valence-electron chi connectivity index (χ1n) is 4.80. The molecule has 0 radical (unpaired) electrons. The van der Waals surface area contributed by atoms with Gasteiger partial charge in [0.1, 0.15) is 10.7 Å². The van der Waals surface area contributed by atoms with Gasteiger partial charge in [-0.05, 0) is 13.0 Å². The highest BCUT2D eigenvalue weighted by atomic mass is 35.5. The summed E-state index contributed by atoms with van der Waals surface area (Å²) in [6.07, 6.45) is 5.46. The number of pyridine rings is 1. The lowest BCUT2D eigenvalue weighted by atomic mass is 10.2. The normalized spacial score (nSPS) is 11.1. The van der Waals surface area contributed by atoms with Gasteiger partial charge in [0.2, 0.25) is 0 Å². The van der Waals surface area contributed by atoms with Gasteiger partial charge in [-0.1, -0.05) is 11.6 Å². The van der Waals surface area contributed by atoms with Gasteiger partial charge < -0.3 is 4.98 Å². The summed E-state index contributed by atoms with van der Waals surface area (Å²) in [4.78, 5) is 12.9. The number of hydrogen-bond donors (Lipinski definition) is 1. The number of H-pyrrole nitrogens is 1. The van der Waals surface area contributed by atoms with Crippen LogP contribution in [0.25, 0.3) is 21.6 Å². The third-order valence-electron chi connectivity index (χ3n) is 2.37. The first kappa shape index (κ1) is 9.81. The SMILES string of the molecule is Cc1cnc(-c2c[nH]c3nccc(Cl)c23)s1. The van der Waals surface area contributed by atoms with Crippen molar-refractivity contribution in [2.24, 2.45) is 0 Å². The highest BCUT2D eigenvalue weighted by molar-refractivity contribution is 7.15. The summed E-state index contributed by atoms with van der Waals surface area (Å²) >= 11 is 7.83. The Labute approximate surface area is 101 Å². The van der Waals surface area contributed by atoms with E-state index in [0.717, 1.165) is 21.6 Å². The molecule has 0 atom stereocenters. The highest BCUT2D eigenvalue weighted by Gasteiger charge is 2.12. The van der Waals surface area contributed by atoms with Gasteiger partial charge in [0, 0.05) is 34.4 Å². The molecule has 3 heterocycles. The molecule has 3 aromatic heterocycles. The Hall–Kier alpha value is -1.39. The molecule has 16 heavy (non-hydrogen) atoms. The van der Waals surface area contributed by atoms with E-state index in [0.29, 0.717) is 5.02 Å². The summed E-state index contributed by atoms with van der Waals surface area (Å²) in [6.45, 7) is 2.04. The van der Waals surface area contributed by atoms with Crippen molar-refractivity contribution in [1.29, 1.82) is 0 Å². The van der Waals surface area contributed by atoms with Crippen LogP contribution in [-0.2, 0) is 0 Å². The minimum absolute atomic E-state index is 0.703. The van der Waals surface area contributed by atoms with Crippen LogP contribution in [-0.4, -0.2) is 15.0 Å². The molecule has 3 rings (SSSR count). The molecule has 3 nitrogen and oxygen atoms in total. The lowest BCUT2D eigenvalue weighted by Gasteiger charge is -1.95. The van der Waals surface area contributed by atoms with Crippen LogP contribution in [0, 0.1) is 6.92 Å². The van der Waals surface area contributed by atoms with Crippen molar-refractivity contribution in [2.45, 2.75) is 6.92 Å². The molecule has 80 valence electrons. The van der Waals surface area contributed by atoms with Crippen molar-refractivity contribution >= 4 is 34.0 Å². The second-order valence-electron chi connectivity index (χ2n) is 3.49. The number of fused-ring (bicyclic) bond motifs is 1. The molecule has 0 saturated carbocycles. The van der Waals surface area contributed by atoms with Crippen LogP contribution < -0.4 is 0 Å². The van der Waals surface area contributed by atoms with Gasteiger partial charge in [-0.15, -0.1) is 11.3 Å². The van der Waals surface area contributed by atoms with E-state index in [1.165, 1.54) is 4.88 Å². The van der Waals surface area contributed by atoms with Gasteiger partial charge in [-0.25, -0.2) is 9.97 Å². The number of aromatic amines is 1. The van der Waals surface area contributed by atoms with Gasteiger partial charge in [-0.2, -0.15) is 0 Å². The van der Waals surface area contributed by atoms with E-state index in [1.54, 1.807) is 23.6 Å². The van der Waals surface area contributed by atoms with E-state index in [-0.39, 0.29) is 0 Å². The third kappa shape index (κ3) is 1.42. The number of aryl methyl sites for hydroxylation is 1. The predicted octanol–water partition coefficient (Wildman–Crippen LogP) is 3.65. The Kier molecular flexibility index (Phi) is 2.19. The topological polar surface area (TPSA) is 41.6 Å². The lowest BCUT2D eigenvalue weighted by molar-refractivity contribution is 1.32. The van der Waals surface area contributed by atoms with Crippen LogP contribution in [0.15, 0.2) is 24.7 Å². The molecule has 0 bridgehead atoms. The van der Waals surface area contributed by atoms with E-state index < -0.39 is 0 Å². The number of nitrogens with zero attached hydrogens (tertiary/aromatic N) is 2. The average molecular weight is 250 g/mol. The van der Waals surface area contributed by atoms with Gasteiger partial charge >= 0.3 is 0 Å². The number of thiazole rings is 1. The van der Waals surface area contributed by atoms with E-state index in [1.807, 2.05) is 19.3 Å². The summed E-state index contributed by atoms with van der Waals surface area (Å²) in [5, 5.41) is 2.62. The fraction of sp³-hybridized carbons (Fsp3) is 0.0909. The highest BCUT2D eigenvalue weighted by Crippen LogP contribution is 2.34. The Morgan fingerprint density at radius 2 is 2.25 bits per heavy atom. The molecule has 0 aliphatic rings. The first-order valence-corrected chi connectivity index (χ1v) is 5.99. The van der Waals surface area contributed by atoms with Gasteiger partial charge in [0.15, 0.2) is 0 Å². The zero-order chi connectivity index (χ0) is 11.1. The molecular weight excluding hydrogens is 242 g/mol. The molecule has 0 fully saturated rings. The van der Waals surface area contributed by atoms with E-state index in [4.69, 9.17) is 11.6 Å². The number of rotatable bonds is 1. The zero-order valence-electron chi connectivity index (χ0n) is 8.49. The summed E-state index contributed by atoms with van der Waals surface area (Å²) in [6, 6.07) is 1.79. The van der Waals surface area contributed by atoms with E-state index in [9.17, 15) is 0 Å². The van der Waals surface area contributed by atoms with Gasteiger partial charge in [0.05, 0.1) is 5.02 Å². The van der Waals surface area contributed by atoms with Crippen molar-refractivity contribution in [2.75, 3.05) is 0 Å². The van der Waals surface area contributed by atoms with Gasteiger partial charge in [-0.3, -0.25) is 0 Å². The fourth-order valence-corrected chi connectivity index (χ4v) is 2.70. The zero-order valence-corrected chi connectivity index (χ0v) is 10.1. The summed E-state index contributed by atoms with van der Waals surface area (Å²) in [5.41, 5.74) is 1.82. The van der Waals surface area contributed by atoms with Crippen molar-refractivity contribution < 1.29 is 0 Å². The molecular formula is C11H8ClN3S. The van der Waals surface area contributed by atoms with Crippen molar-refractivity contribution in [3.63, 3.8) is 0 Å². The quantitative estimate of drug-likeness (QED) is 0.715. The molecule has 5 heteroatoms. The standard InChI is InChI=1S/C11H8ClN3S/c1-6-4-15-11(16-6)7-5-14-10-9(7)8(12)2-3-13-10/h2-5H,1H3,(H,13,14). The minimum Gasteiger partial charge on any atom is -0.345 e. The van der Waals surface area contributed by atoms with Crippen LogP contribution in [0.5, 0.6) is 0 Å². The smallest absolute Gasteiger partial charge is 0.139 e. The van der Waals surface area contributed by atoms with E-state index in [2.05, 4.69) is 15.0 Å². The molecule has 0 spiro atoms. The maximum Gasteiger partial charge on any atom is 0.139 e. The third-order valence-corrected chi connectivity index (χ3v) is 3.64. The predicted molar refractivity (Wildman–Crippen MR) is 66.9 cm³/mol. The second-order valence-corrected chi connectivity index (χ2v) is 5.14.